The van der Waals surface area contributed by atoms with Crippen LogP contribution in [-0.4, -0.2) is 66.9 Å². The molecule has 0 bridgehead atoms. The molecule has 1 aliphatic rings. The topological polar surface area (TPSA) is 214 Å². The summed E-state index contributed by atoms with van der Waals surface area (Å²) in [6.45, 7) is 3.72. The fourth-order valence-corrected chi connectivity index (χ4v) is 6.25. The van der Waals surface area contributed by atoms with Crippen LogP contribution in [0.3, 0.4) is 0 Å². The minimum atomic E-state index is -4.14. The van der Waals surface area contributed by atoms with Crippen molar-refractivity contribution in [3.05, 3.63) is 77.9 Å². The van der Waals surface area contributed by atoms with Gasteiger partial charge in [0.1, 0.15) is 23.9 Å². The number of hydrogen-bond acceptors (Lipinski definition) is 8. The lowest BCUT2D eigenvalue weighted by Crippen LogP contribution is -2.33. The number of nitrogens with two attached hydrogens (primary N) is 1. The second-order valence-electron chi connectivity index (χ2n) is 9.19. The van der Waals surface area contributed by atoms with E-state index >= 15 is 0 Å². The molecule has 4 aromatic rings. The molecule has 0 saturated carbocycles. The van der Waals surface area contributed by atoms with Gasteiger partial charge in [0.15, 0.2) is 5.78 Å². The molecule has 0 radical (unpaired) electrons. The highest BCUT2D eigenvalue weighted by atomic mass is 32.2. The number of carbonyl (C=O) groups excluding carboxylic acids is 1. The fraction of sp³-hybridized carbons (Fsp3) is 0.250. The van der Waals surface area contributed by atoms with E-state index in [1.807, 2.05) is 12.1 Å². The molecule has 2 heterocycles. The molecule has 9 N–H and O–H groups in total. The van der Waals surface area contributed by atoms with Crippen LogP contribution in [0, 0.1) is 0 Å². The number of likely N-dealkylation sites (tertiary alicyclic amines) is 1. The first-order valence-electron chi connectivity index (χ1n) is 12.3. The van der Waals surface area contributed by atoms with E-state index in [0.717, 1.165) is 29.7 Å². The van der Waals surface area contributed by atoms with Gasteiger partial charge in [-0.2, -0.15) is 13.6 Å². The van der Waals surface area contributed by atoms with Gasteiger partial charge >= 0.3 is 10.3 Å². The monoisotopic (exact) mass is 606 g/mol. The molecule has 13 heteroatoms. The highest BCUT2D eigenvalue weighted by Gasteiger charge is 2.22. The molecule has 5 rings (SSSR count). The zero-order chi connectivity index (χ0) is 26.7. The molecular formula is C28H34N2O9S2. The summed E-state index contributed by atoms with van der Waals surface area (Å²) in [5, 5.41) is 15.7. The highest BCUT2D eigenvalue weighted by molar-refractivity contribution is 7.84. The minimum absolute atomic E-state index is 0. The van der Waals surface area contributed by atoms with Crippen LogP contribution in [0.5, 0.6) is 17.2 Å². The number of ketones is 1. The summed E-state index contributed by atoms with van der Waals surface area (Å²) in [4.78, 5) is 16.9. The third kappa shape index (κ3) is 8.24. The SMILES string of the molecule is NS(=O)(=O)Oc1ccc(-c2sc3cc(O)ccc3c2C(=O)c2ccc(OCCN3CCCCC3)cc2)cc1.O.O.O. The van der Waals surface area contributed by atoms with Gasteiger partial charge in [0.05, 0.1) is 0 Å². The molecule has 1 saturated heterocycles. The molecule has 0 amide bonds. The second kappa shape index (κ2) is 14.4. The van der Waals surface area contributed by atoms with Crippen LogP contribution >= 0.6 is 11.3 Å². The maximum Gasteiger partial charge on any atom is 0.380 e. The number of benzene rings is 3. The fourth-order valence-electron chi connectivity index (χ4n) is 4.63. The Balaban J connectivity index is 0.00000196. The summed E-state index contributed by atoms with van der Waals surface area (Å²) in [5.41, 5.74) is 1.72. The van der Waals surface area contributed by atoms with Crippen molar-refractivity contribution in [1.29, 1.82) is 0 Å². The normalized spacial score (nSPS) is 13.4. The summed E-state index contributed by atoms with van der Waals surface area (Å²) < 4.78 is 33.9. The lowest BCUT2D eigenvalue weighted by molar-refractivity contribution is 0.104. The number of nitrogens with zero attached hydrogens (tertiary/aromatic N) is 1. The third-order valence-corrected chi connectivity index (χ3v) is 8.10. The Hall–Kier alpha value is -3.56. The maximum absolute atomic E-state index is 13.8. The van der Waals surface area contributed by atoms with E-state index in [2.05, 4.69) is 4.90 Å². The van der Waals surface area contributed by atoms with Crippen molar-refractivity contribution >= 4 is 37.5 Å². The van der Waals surface area contributed by atoms with Gasteiger partial charge in [-0.15, -0.1) is 11.3 Å². The molecule has 0 unspecified atom stereocenters. The number of ether oxygens (including phenoxy) is 1. The molecule has 0 atom stereocenters. The van der Waals surface area contributed by atoms with Gasteiger partial charge in [-0.05, 0) is 98.2 Å². The van der Waals surface area contributed by atoms with Crippen LogP contribution < -0.4 is 14.1 Å². The molecule has 1 aliphatic heterocycles. The van der Waals surface area contributed by atoms with E-state index in [0.29, 0.717) is 33.9 Å². The number of piperidine rings is 1. The number of rotatable bonds is 9. The number of fused-ring (bicyclic) bond motifs is 1. The maximum atomic E-state index is 13.8. The molecule has 1 fully saturated rings. The van der Waals surface area contributed by atoms with Gasteiger partial charge < -0.3 is 30.5 Å². The van der Waals surface area contributed by atoms with Gasteiger partial charge in [-0.3, -0.25) is 9.69 Å². The predicted molar refractivity (Wildman–Crippen MR) is 159 cm³/mol. The Morgan fingerprint density at radius 1 is 0.902 bits per heavy atom. The highest BCUT2D eigenvalue weighted by Crippen LogP contribution is 2.41. The lowest BCUT2D eigenvalue weighted by atomic mass is 9.97. The molecule has 1 aromatic heterocycles. The van der Waals surface area contributed by atoms with E-state index in [1.165, 1.54) is 42.7 Å². The molecule has 41 heavy (non-hydrogen) atoms. The van der Waals surface area contributed by atoms with Crippen LogP contribution in [0.1, 0.15) is 35.2 Å². The van der Waals surface area contributed by atoms with Gasteiger partial charge in [0.2, 0.25) is 0 Å². The van der Waals surface area contributed by atoms with Crippen molar-refractivity contribution < 1.29 is 43.7 Å². The molecular weight excluding hydrogens is 572 g/mol. The first-order valence-corrected chi connectivity index (χ1v) is 14.6. The van der Waals surface area contributed by atoms with Gasteiger partial charge in [-0.25, -0.2) is 0 Å². The Bertz CT molecular complexity index is 1550. The summed E-state index contributed by atoms with van der Waals surface area (Å²) >= 11 is 1.37. The van der Waals surface area contributed by atoms with E-state index in [9.17, 15) is 18.3 Å². The molecule has 222 valence electrons. The second-order valence-corrected chi connectivity index (χ2v) is 11.4. The Kier molecular flexibility index (Phi) is 11.8. The summed E-state index contributed by atoms with van der Waals surface area (Å²) in [6.07, 6.45) is 3.78. The van der Waals surface area contributed by atoms with Crippen molar-refractivity contribution in [2.45, 2.75) is 19.3 Å². The largest absolute Gasteiger partial charge is 0.508 e. The minimum Gasteiger partial charge on any atom is -0.508 e. The zero-order valence-electron chi connectivity index (χ0n) is 22.1. The van der Waals surface area contributed by atoms with Crippen molar-refractivity contribution in [2.24, 2.45) is 5.14 Å². The van der Waals surface area contributed by atoms with E-state index in [-0.39, 0.29) is 33.7 Å². The van der Waals surface area contributed by atoms with Gasteiger partial charge in [0, 0.05) is 32.6 Å². The summed E-state index contributed by atoms with van der Waals surface area (Å²) in [6, 6.07) is 18.3. The van der Waals surface area contributed by atoms with Crippen molar-refractivity contribution in [1.82, 2.24) is 4.90 Å². The summed E-state index contributed by atoms with van der Waals surface area (Å²) in [7, 11) is -4.14. The molecule has 0 aliphatic carbocycles. The average molecular weight is 607 g/mol. The lowest BCUT2D eigenvalue weighted by Gasteiger charge is -2.26. The first-order chi connectivity index (χ1) is 18.3. The van der Waals surface area contributed by atoms with E-state index in [4.69, 9.17) is 14.1 Å². The van der Waals surface area contributed by atoms with Crippen molar-refractivity contribution in [2.75, 3.05) is 26.2 Å². The average Bonchev–Trinajstić information content (AvgIpc) is 3.27. The Morgan fingerprint density at radius 3 is 2.17 bits per heavy atom. The van der Waals surface area contributed by atoms with Crippen molar-refractivity contribution in [3.63, 3.8) is 0 Å². The number of phenolic OH excluding ortho intramolecular Hbond substituents is 1. The number of hydrogen-bond donors (Lipinski definition) is 2. The standard InChI is InChI=1S/C28H28N2O6S2.3H2O/c29-38(33,34)36-23-11-6-20(7-12-23)28-26(24-13-8-21(31)18-25(24)37-28)27(32)19-4-9-22(10-5-19)35-17-16-30-14-2-1-3-15-30;;;/h4-13,18,31H,1-3,14-17H2,(H2,29,33,34);3*1H2. The predicted octanol–water partition coefficient (Wildman–Crippen LogP) is 2.48. The number of carbonyl (C=O) groups is 1. The van der Waals surface area contributed by atoms with Crippen LogP contribution in [0.2, 0.25) is 0 Å². The van der Waals surface area contributed by atoms with Gasteiger partial charge in [-0.1, -0.05) is 6.42 Å². The number of aromatic hydroxyl groups is 1. The van der Waals surface area contributed by atoms with Crippen molar-refractivity contribution in [3.8, 4) is 27.7 Å². The smallest absolute Gasteiger partial charge is 0.380 e. The van der Waals surface area contributed by atoms with Gasteiger partial charge in [0.25, 0.3) is 0 Å². The van der Waals surface area contributed by atoms with E-state index < -0.39 is 10.3 Å². The molecule has 3 aromatic carbocycles. The summed E-state index contributed by atoms with van der Waals surface area (Å²) in [5.74, 6) is 0.719. The molecule has 11 nitrogen and oxygen atoms in total. The Labute approximate surface area is 241 Å². The van der Waals surface area contributed by atoms with Crippen LogP contribution in [0.15, 0.2) is 66.7 Å². The van der Waals surface area contributed by atoms with Crippen LogP contribution in [-0.2, 0) is 10.3 Å². The quantitative estimate of drug-likeness (QED) is 0.271. The first kappa shape index (κ1) is 33.6. The van der Waals surface area contributed by atoms with E-state index in [1.54, 1.807) is 42.5 Å². The number of phenols is 1. The van der Waals surface area contributed by atoms with Crippen LogP contribution in [0.25, 0.3) is 20.5 Å². The number of thiophene rings is 1. The third-order valence-electron chi connectivity index (χ3n) is 6.47. The van der Waals surface area contributed by atoms with Crippen LogP contribution in [0.4, 0.5) is 0 Å². The zero-order valence-corrected chi connectivity index (χ0v) is 23.8. The molecule has 0 spiro atoms. The Morgan fingerprint density at radius 2 is 1.54 bits per heavy atom.